The van der Waals surface area contributed by atoms with Crippen LogP contribution in [0.15, 0.2) is 36.4 Å². The quantitative estimate of drug-likeness (QED) is 0.814. The molecule has 0 radical (unpaired) electrons. The number of benzene rings is 1. The fraction of sp³-hybridized carbons (Fsp3) is 0.312. The van der Waals surface area contributed by atoms with Gasteiger partial charge in [-0.2, -0.15) is 0 Å². The van der Waals surface area contributed by atoms with Gasteiger partial charge in [0, 0.05) is 12.0 Å². The number of rotatable bonds is 5. The summed E-state index contributed by atoms with van der Waals surface area (Å²) in [4.78, 5) is 12.8. The zero-order valence-electron chi connectivity index (χ0n) is 11.4. The maximum atomic E-state index is 12.1. The minimum Gasteiger partial charge on any atom is -0.397 e. The summed E-state index contributed by atoms with van der Waals surface area (Å²) in [5, 5.41) is 4.38. The molecule has 1 unspecified atom stereocenters. The summed E-state index contributed by atoms with van der Waals surface area (Å²) in [5.41, 5.74) is 7.80. The molecule has 1 fully saturated rings. The fourth-order valence-corrected chi connectivity index (χ4v) is 3.32. The lowest BCUT2D eigenvalue weighted by atomic mass is 10.1. The van der Waals surface area contributed by atoms with Gasteiger partial charge in [0.05, 0.1) is 15.6 Å². The van der Waals surface area contributed by atoms with E-state index in [2.05, 4.69) is 24.4 Å². The van der Waals surface area contributed by atoms with Crippen molar-refractivity contribution in [3.63, 3.8) is 0 Å². The van der Waals surface area contributed by atoms with Crippen molar-refractivity contribution in [2.24, 2.45) is 5.92 Å². The van der Waals surface area contributed by atoms with Gasteiger partial charge in [0.1, 0.15) is 0 Å². The molecule has 0 saturated heterocycles. The molecule has 1 aliphatic rings. The maximum absolute atomic E-state index is 12.1. The Hall–Kier alpha value is -1.81. The first-order chi connectivity index (χ1) is 9.65. The Kier molecular flexibility index (Phi) is 3.49. The van der Waals surface area contributed by atoms with Gasteiger partial charge in [0.2, 0.25) is 0 Å². The summed E-state index contributed by atoms with van der Waals surface area (Å²) in [7, 11) is 0. The molecule has 104 valence electrons. The Labute approximate surface area is 122 Å². The van der Waals surface area contributed by atoms with Crippen LogP contribution in [0, 0.1) is 5.92 Å². The number of carbonyl (C=O) groups excluding carboxylic acids is 1. The van der Waals surface area contributed by atoms with Crippen LogP contribution in [-0.4, -0.2) is 5.78 Å². The Balaban J connectivity index is 1.75. The zero-order chi connectivity index (χ0) is 14.1. The van der Waals surface area contributed by atoms with Gasteiger partial charge in [0.25, 0.3) is 0 Å². The van der Waals surface area contributed by atoms with Crippen molar-refractivity contribution < 1.29 is 4.79 Å². The number of hydrogen-bond acceptors (Lipinski definition) is 4. The highest BCUT2D eigenvalue weighted by atomic mass is 32.1. The van der Waals surface area contributed by atoms with Crippen molar-refractivity contribution >= 4 is 27.8 Å². The van der Waals surface area contributed by atoms with E-state index >= 15 is 0 Å². The molecule has 4 heteroatoms. The van der Waals surface area contributed by atoms with Crippen molar-refractivity contribution in [1.82, 2.24) is 0 Å². The van der Waals surface area contributed by atoms with E-state index < -0.39 is 0 Å². The second-order valence-electron chi connectivity index (χ2n) is 5.31. The van der Waals surface area contributed by atoms with Crippen LogP contribution in [0.5, 0.6) is 0 Å². The third-order valence-corrected chi connectivity index (χ3v) is 4.69. The van der Waals surface area contributed by atoms with Crippen LogP contribution >= 0.6 is 11.3 Å². The molecule has 1 aromatic carbocycles. The molecule has 1 heterocycles. The van der Waals surface area contributed by atoms with Gasteiger partial charge in [-0.3, -0.25) is 4.79 Å². The van der Waals surface area contributed by atoms with Gasteiger partial charge in [-0.15, -0.1) is 11.3 Å². The summed E-state index contributed by atoms with van der Waals surface area (Å²) < 4.78 is 0. The van der Waals surface area contributed by atoms with E-state index in [1.54, 1.807) is 0 Å². The lowest BCUT2D eigenvalue weighted by molar-refractivity contribution is 0.0972. The number of carbonyl (C=O) groups is 1. The molecule has 1 atom stereocenters. The average Bonchev–Trinajstić information content (AvgIpc) is 3.24. The van der Waals surface area contributed by atoms with Crippen LogP contribution in [-0.2, 0) is 0 Å². The molecule has 0 aliphatic heterocycles. The van der Waals surface area contributed by atoms with Crippen molar-refractivity contribution in [3.8, 4) is 0 Å². The topological polar surface area (TPSA) is 55.1 Å². The standard InChI is InChI=1S/C16H18N2OS/c1-10(11-5-3-2-4-6-11)18-14-9-13(17)16(20-14)15(19)12-7-8-12/h2-6,9-10,12,18H,7-8,17H2,1H3. The highest BCUT2D eigenvalue weighted by Gasteiger charge is 2.32. The number of thiophene rings is 1. The van der Waals surface area contributed by atoms with Crippen LogP contribution in [0.4, 0.5) is 10.7 Å². The minimum absolute atomic E-state index is 0.193. The van der Waals surface area contributed by atoms with Crippen molar-refractivity contribution in [2.45, 2.75) is 25.8 Å². The van der Waals surface area contributed by atoms with Gasteiger partial charge in [0.15, 0.2) is 5.78 Å². The molecule has 0 spiro atoms. The van der Waals surface area contributed by atoms with Crippen LogP contribution in [0.2, 0.25) is 0 Å². The lowest BCUT2D eigenvalue weighted by Gasteiger charge is -2.13. The van der Waals surface area contributed by atoms with E-state index in [1.807, 2.05) is 24.3 Å². The number of ketones is 1. The molecule has 1 aromatic heterocycles. The number of Topliss-reactive ketones (excluding diaryl/α,β-unsaturated/α-hetero) is 1. The first kappa shape index (κ1) is 13.2. The van der Waals surface area contributed by atoms with Gasteiger partial charge in [-0.1, -0.05) is 30.3 Å². The molecule has 20 heavy (non-hydrogen) atoms. The molecule has 3 rings (SSSR count). The Morgan fingerprint density at radius 2 is 2.05 bits per heavy atom. The highest BCUT2D eigenvalue weighted by molar-refractivity contribution is 7.18. The monoisotopic (exact) mass is 286 g/mol. The Morgan fingerprint density at radius 1 is 1.35 bits per heavy atom. The van der Waals surface area contributed by atoms with E-state index in [0.29, 0.717) is 5.69 Å². The third-order valence-electron chi connectivity index (χ3n) is 3.59. The number of anilines is 2. The van der Waals surface area contributed by atoms with Crippen molar-refractivity contribution in [2.75, 3.05) is 11.1 Å². The summed E-state index contributed by atoms with van der Waals surface area (Å²) in [6.45, 7) is 2.10. The smallest absolute Gasteiger partial charge is 0.178 e. The molecule has 3 nitrogen and oxygen atoms in total. The third kappa shape index (κ3) is 2.70. The molecular formula is C16H18N2OS. The fourth-order valence-electron chi connectivity index (χ4n) is 2.24. The zero-order valence-corrected chi connectivity index (χ0v) is 12.2. The normalized spacial score (nSPS) is 15.8. The predicted octanol–water partition coefficient (Wildman–Crippen LogP) is 4.10. The first-order valence-electron chi connectivity index (χ1n) is 6.90. The second kappa shape index (κ2) is 5.29. The van der Waals surface area contributed by atoms with Crippen molar-refractivity contribution in [1.29, 1.82) is 0 Å². The van der Waals surface area contributed by atoms with E-state index in [4.69, 9.17) is 5.73 Å². The van der Waals surface area contributed by atoms with Crippen LogP contribution < -0.4 is 11.1 Å². The number of nitrogen functional groups attached to an aromatic ring is 1. The Bertz CT molecular complexity index is 617. The van der Waals surface area contributed by atoms with Crippen LogP contribution in [0.25, 0.3) is 0 Å². The van der Waals surface area contributed by atoms with E-state index in [0.717, 1.165) is 22.7 Å². The van der Waals surface area contributed by atoms with E-state index in [9.17, 15) is 4.79 Å². The SMILES string of the molecule is CC(Nc1cc(N)c(C(=O)C2CC2)s1)c1ccccc1. The summed E-state index contributed by atoms with van der Waals surface area (Å²) in [5.74, 6) is 0.434. The van der Waals surface area contributed by atoms with Gasteiger partial charge < -0.3 is 11.1 Å². The summed E-state index contributed by atoms with van der Waals surface area (Å²) in [6, 6.07) is 12.3. The lowest BCUT2D eigenvalue weighted by Crippen LogP contribution is -2.04. The number of nitrogens with two attached hydrogens (primary N) is 1. The summed E-state index contributed by atoms with van der Waals surface area (Å²) in [6.07, 6.45) is 2.03. The van der Waals surface area contributed by atoms with E-state index in [-0.39, 0.29) is 17.7 Å². The van der Waals surface area contributed by atoms with E-state index in [1.165, 1.54) is 16.9 Å². The number of hydrogen-bond donors (Lipinski definition) is 2. The molecule has 3 N–H and O–H groups in total. The molecular weight excluding hydrogens is 268 g/mol. The first-order valence-corrected chi connectivity index (χ1v) is 7.72. The predicted molar refractivity (Wildman–Crippen MR) is 84.3 cm³/mol. The van der Waals surface area contributed by atoms with Gasteiger partial charge in [-0.05, 0) is 31.4 Å². The highest BCUT2D eigenvalue weighted by Crippen LogP contribution is 2.39. The molecule has 1 saturated carbocycles. The molecule has 1 aliphatic carbocycles. The van der Waals surface area contributed by atoms with Crippen LogP contribution in [0.1, 0.15) is 41.0 Å². The van der Waals surface area contributed by atoms with Crippen molar-refractivity contribution in [3.05, 3.63) is 46.8 Å². The number of nitrogens with one attached hydrogen (secondary N) is 1. The maximum Gasteiger partial charge on any atom is 0.178 e. The molecule has 2 aromatic rings. The Morgan fingerprint density at radius 3 is 2.70 bits per heavy atom. The average molecular weight is 286 g/mol. The largest absolute Gasteiger partial charge is 0.397 e. The van der Waals surface area contributed by atoms with Gasteiger partial charge >= 0.3 is 0 Å². The minimum atomic E-state index is 0.193. The summed E-state index contributed by atoms with van der Waals surface area (Å²) >= 11 is 1.47. The second-order valence-corrected chi connectivity index (χ2v) is 6.36. The van der Waals surface area contributed by atoms with Gasteiger partial charge in [-0.25, -0.2) is 0 Å². The molecule has 0 amide bonds. The van der Waals surface area contributed by atoms with Crippen LogP contribution in [0.3, 0.4) is 0 Å². The molecule has 0 bridgehead atoms.